The number of pyridine rings is 1. The van der Waals surface area contributed by atoms with Gasteiger partial charge in [0, 0.05) is 55.9 Å². The predicted octanol–water partition coefficient (Wildman–Crippen LogP) is 1.59. The number of nitrogens with one attached hydrogen (secondary N) is 1. The highest BCUT2D eigenvalue weighted by Crippen LogP contribution is 2.23. The number of carbonyl (C=O) groups excluding carboxylic acids is 1. The van der Waals surface area contributed by atoms with Gasteiger partial charge >= 0.3 is 0 Å². The van der Waals surface area contributed by atoms with Crippen LogP contribution in [0, 0.1) is 0 Å². The van der Waals surface area contributed by atoms with Crippen LogP contribution in [0.4, 0.5) is 0 Å². The zero-order chi connectivity index (χ0) is 16.6. The molecule has 0 unspecified atom stereocenters. The normalized spacial score (nSPS) is 15.3. The van der Waals surface area contributed by atoms with Gasteiger partial charge in [0.05, 0.1) is 18.9 Å². The molecule has 1 saturated heterocycles. The fraction of sp³-hybridized carbons (Fsp3) is 0.471. The summed E-state index contributed by atoms with van der Waals surface area (Å²) in [6.07, 6.45) is 4.67. The van der Waals surface area contributed by atoms with Gasteiger partial charge in [-0.3, -0.25) is 14.7 Å². The summed E-state index contributed by atoms with van der Waals surface area (Å²) >= 11 is 1.60. The smallest absolute Gasteiger partial charge is 0.220 e. The second-order valence-corrected chi connectivity index (χ2v) is 6.54. The van der Waals surface area contributed by atoms with Gasteiger partial charge in [0.2, 0.25) is 5.91 Å². The van der Waals surface area contributed by atoms with Gasteiger partial charge in [-0.25, -0.2) is 4.98 Å². The third-order valence-electron chi connectivity index (χ3n) is 3.94. The summed E-state index contributed by atoms with van der Waals surface area (Å²) in [6, 6.07) is 3.89. The number of rotatable bonds is 7. The summed E-state index contributed by atoms with van der Waals surface area (Å²) in [7, 11) is 0. The SMILES string of the molecule is O=C(CCc1csc(-c2ccncc2)n1)NCCN1CCOCC1. The summed E-state index contributed by atoms with van der Waals surface area (Å²) in [5, 5.41) is 5.98. The first-order chi connectivity index (χ1) is 11.8. The van der Waals surface area contributed by atoms with Crippen LogP contribution >= 0.6 is 11.3 Å². The molecule has 0 atom stereocenters. The van der Waals surface area contributed by atoms with Gasteiger partial charge in [0.15, 0.2) is 0 Å². The molecule has 1 N–H and O–H groups in total. The number of ether oxygens (including phenoxy) is 1. The number of aryl methyl sites for hydroxylation is 1. The Labute approximate surface area is 145 Å². The molecule has 2 aromatic rings. The van der Waals surface area contributed by atoms with Crippen molar-refractivity contribution in [3.05, 3.63) is 35.6 Å². The van der Waals surface area contributed by atoms with E-state index in [-0.39, 0.29) is 5.91 Å². The molecule has 0 aromatic carbocycles. The molecular formula is C17H22N4O2S. The van der Waals surface area contributed by atoms with Gasteiger partial charge in [-0.2, -0.15) is 0 Å². The number of amides is 1. The first-order valence-electron chi connectivity index (χ1n) is 8.23. The molecule has 2 aromatic heterocycles. The largest absolute Gasteiger partial charge is 0.379 e. The topological polar surface area (TPSA) is 67.4 Å². The third-order valence-corrected chi connectivity index (χ3v) is 4.88. The van der Waals surface area contributed by atoms with Crippen LogP contribution in [0.15, 0.2) is 29.9 Å². The number of nitrogens with zero attached hydrogens (tertiary/aromatic N) is 3. The molecule has 0 saturated carbocycles. The van der Waals surface area contributed by atoms with Crippen LogP contribution in [-0.4, -0.2) is 60.2 Å². The second-order valence-electron chi connectivity index (χ2n) is 5.68. The standard InChI is InChI=1S/C17H22N4O2S/c22-16(19-7-8-21-9-11-23-12-10-21)2-1-15-13-24-17(20-15)14-3-5-18-6-4-14/h3-6,13H,1-2,7-12H2,(H,19,22). The zero-order valence-corrected chi connectivity index (χ0v) is 14.4. The second kappa shape index (κ2) is 8.86. The fourth-order valence-electron chi connectivity index (χ4n) is 2.56. The van der Waals surface area contributed by atoms with Crippen molar-refractivity contribution in [2.24, 2.45) is 0 Å². The van der Waals surface area contributed by atoms with Crippen LogP contribution in [0.2, 0.25) is 0 Å². The average molecular weight is 346 g/mol. The van der Waals surface area contributed by atoms with Crippen molar-refractivity contribution in [1.29, 1.82) is 0 Å². The maximum atomic E-state index is 11.9. The maximum absolute atomic E-state index is 11.9. The number of hydrogen-bond acceptors (Lipinski definition) is 6. The third kappa shape index (κ3) is 5.09. The minimum Gasteiger partial charge on any atom is -0.379 e. The van der Waals surface area contributed by atoms with Crippen molar-refractivity contribution in [2.75, 3.05) is 39.4 Å². The quantitative estimate of drug-likeness (QED) is 0.825. The van der Waals surface area contributed by atoms with Crippen LogP contribution < -0.4 is 5.32 Å². The van der Waals surface area contributed by atoms with E-state index in [0.29, 0.717) is 19.4 Å². The number of morpholine rings is 1. The molecule has 128 valence electrons. The minimum absolute atomic E-state index is 0.0849. The van der Waals surface area contributed by atoms with Gasteiger partial charge in [-0.05, 0) is 18.6 Å². The van der Waals surface area contributed by atoms with E-state index in [1.807, 2.05) is 17.5 Å². The van der Waals surface area contributed by atoms with E-state index in [4.69, 9.17) is 4.74 Å². The molecule has 0 bridgehead atoms. The maximum Gasteiger partial charge on any atom is 0.220 e. The molecule has 3 heterocycles. The van der Waals surface area contributed by atoms with Crippen molar-refractivity contribution < 1.29 is 9.53 Å². The Bertz CT molecular complexity index is 641. The van der Waals surface area contributed by atoms with E-state index in [0.717, 1.165) is 49.1 Å². The predicted molar refractivity (Wildman–Crippen MR) is 93.9 cm³/mol. The highest BCUT2D eigenvalue weighted by atomic mass is 32.1. The Morgan fingerprint density at radius 2 is 2.08 bits per heavy atom. The molecule has 1 fully saturated rings. The lowest BCUT2D eigenvalue weighted by Gasteiger charge is -2.26. The molecule has 1 amide bonds. The van der Waals surface area contributed by atoms with E-state index in [9.17, 15) is 4.79 Å². The summed E-state index contributed by atoms with van der Waals surface area (Å²) in [5.74, 6) is 0.0849. The van der Waals surface area contributed by atoms with Crippen molar-refractivity contribution in [3.8, 4) is 10.6 Å². The van der Waals surface area contributed by atoms with E-state index >= 15 is 0 Å². The van der Waals surface area contributed by atoms with E-state index in [1.54, 1.807) is 23.7 Å². The molecule has 6 nitrogen and oxygen atoms in total. The molecule has 0 spiro atoms. The van der Waals surface area contributed by atoms with Gasteiger partial charge in [-0.1, -0.05) is 0 Å². The molecule has 1 aliphatic heterocycles. The van der Waals surface area contributed by atoms with Gasteiger partial charge in [-0.15, -0.1) is 11.3 Å². The van der Waals surface area contributed by atoms with E-state index in [1.165, 1.54) is 0 Å². The van der Waals surface area contributed by atoms with Gasteiger partial charge in [0.1, 0.15) is 5.01 Å². The van der Waals surface area contributed by atoms with Crippen LogP contribution in [0.3, 0.4) is 0 Å². The monoisotopic (exact) mass is 346 g/mol. The molecule has 0 aliphatic carbocycles. The lowest BCUT2D eigenvalue weighted by atomic mass is 10.2. The Morgan fingerprint density at radius 3 is 2.88 bits per heavy atom. The Balaban J connectivity index is 1.38. The number of aromatic nitrogens is 2. The Morgan fingerprint density at radius 1 is 1.29 bits per heavy atom. The fourth-order valence-corrected chi connectivity index (χ4v) is 3.42. The highest BCUT2D eigenvalue weighted by molar-refractivity contribution is 7.13. The lowest BCUT2D eigenvalue weighted by molar-refractivity contribution is -0.121. The van der Waals surface area contributed by atoms with Crippen LogP contribution in [0.1, 0.15) is 12.1 Å². The van der Waals surface area contributed by atoms with E-state index in [2.05, 4.69) is 20.2 Å². The molecular weight excluding hydrogens is 324 g/mol. The number of thiazole rings is 1. The first kappa shape index (κ1) is 17.0. The highest BCUT2D eigenvalue weighted by Gasteiger charge is 2.11. The Hall–Kier alpha value is -1.83. The van der Waals surface area contributed by atoms with E-state index < -0.39 is 0 Å². The van der Waals surface area contributed by atoms with Crippen molar-refractivity contribution in [3.63, 3.8) is 0 Å². The summed E-state index contributed by atoms with van der Waals surface area (Å²) in [5.41, 5.74) is 2.03. The van der Waals surface area contributed by atoms with Crippen molar-refractivity contribution >= 4 is 17.2 Å². The summed E-state index contributed by atoms with van der Waals surface area (Å²) in [4.78, 5) is 22.9. The summed E-state index contributed by atoms with van der Waals surface area (Å²) in [6.45, 7) is 5.06. The van der Waals surface area contributed by atoms with Crippen LogP contribution in [-0.2, 0) is 16.0 Å². The first-order valence-corrected chi connectivity index (χ1v) is 9.11. The Kier molecular flexibility index (Phi) is 6.28. The van der Waals surface area contributed by atoms with Crippen molar-refractivity contribution in [2.45, 2.75) is 12.8 Å². The molecule has 24 heavy (non-hydrogen) atoms. The van der Waals surface area contributed by atoms with Crippen LogP contribution in [0.5, 0.6) is 0 Å². The minimum atomic E-state index is 0.0849. The molecule has 7 heteroatoms. The lowest BCUT2D eigenvalue weighted by Crippen LogP contribution is -2.41. The van der Waals surface area contributed by atoms with Gasteiger partial charge < -0.3 is 10.1 Å². The number of hydrogen-bond donors (Lipinski definition) is 1. The zero-order valence-electron chi connectivity index (χ0n) is 13.6. The van der Waals surface area contributed by atoms with Crippen molar-refractivity contribution in [1.82, 2.24) is 20.2 Å². The average Bonchev–Trinajstić information content (AvgIpc) is 3.11. The molecule has 1 aliphatic rings. The van der Waals surface area contributed by atoms with Gasteiger partial charge in [0.25, 0.3) is 0 Å². The van der Waals surface area contributed by atoms with Crippen LogP contribution in [0.25, 0.3) is 10.6 Å². The molecule has 3 rings (SSSR count). The summed E-state index contributed by atoms with van der Waals surface area (Å²) < 4.78 is 5.31. The molecule has 0 radical (unpaired) electrons. The number of carbonyl (C=O) groups is 1.